The first-order chi connectivity index (χ1) is 14.8. The van der Waals surface area contributed by atoms with E-state index in [9.17, 15) is 14.4 Å². The van der Waals surface area contributed by atoms with Crippen molar-refractivity contribution in [2.24, 2.45) is 23.7 Å². The molecule has 31 heavy (non-hydrogen) atoms. The molecule has 2 aliphatic carbocycles. The number of amides is 2. The molecule has 1 aliphatic heterocycles. The van der Waals surface area contributed by atoms with Crippen molar-refractivity contribution >= 4 is 78.5 Å². The van der Waals surface area contributed by atoms with E-state index in [4.69, 9.17) is 27.9 Å². The maximum Gasteiger partial charge on any atom is 0.345 e. The van der Waals surface area contributed by atoms with E-state index in [0.29, 0.717) is 10.7 Å². The van der Waals surface area contributed by atoms with Crippen molar-refractivity contribution in [3.63, 3.8) is 0 Å². The lowest BCUT2D eigenvalue weighted by molar-refractivity contribution is -0.123. The second kappa shape index (κ2) is 7.87. The Morgan fingerprint density at radius 2 is 1.52 bits per heavy atom. The first kappa shape index (κ1) is 21.4. The van der Waals surface area contributed by atoms with Crippen molar-refractivity contribution in [2.75, 3.05) is 4.90 Å². The number of halogens is 4. The summed E-state index contributed by atoms with van der Waals surface area (Å²) in [5.41, 5.74) is 0.669. The van der Waals surface area contributed by atoms with Crippen LogP contribution in [0.3, 0.4) is 0 Å². The number of hydrogen-bond acceptors (Lipinski definition) is 4. The van der Waals surface area contributed by atoms with Crippen molar-refractivity contribution in [3.05, 3.63) is 58.1 Å². The smallest absolute Gasteiger partial charge is 0.345 e. The molecule has 0 radical (unpaired) electrons. The lowest BCUT2D eigenvalue weighted by Gasteiger charge is -2.28. The summed E-state index contributed by atoms with van der Waals surface area (Å²) >= 11 is 19.3. The Morgan fingerprint density at radius 3 is 2.06 bits per heavy atom. The Hall–Kier alpha value is -1.41. The molecule has 6 unspecified atom stereocenters. The SMILES string of the molecule is O=C(Oc1ccc(N2C(=O)C3C4CC(C(Br)C4Br)C3C2=O)cc1)c1ccc(Cl)cc1Cl. The molecule has 0 spiro atoms. The molecule has 2 amide bonds. The Labute approximate surface area is 205 Å². The van der Waals surface area contributed by atoms with Crippen LogP contribution in [0.2, 0.25) is 10.0 Å². The van der Waals surface area contributed by atoms with Gasteiger partial charge in [-0.1, -0.05) is 55.1 Å². The minimum absolute atomic E-state index is 0.149. The van der Waals surface area contributed by atoms with Gasteiger partial charge in [0.2, 0.25) is 11.8 Å². The number of esters is 1. The van der Waals surface area contributed by atoms with Crippen molar-refractivity contribution in [2.45, 2.75) is 16.1 Å². The van der Waals surface area contributed by atoms with E-state index in [1.165, 1.54) is 17.0 Å². The van der Waals surface area contributed by atoms with Crippen LogP contribution in [-0.4, -0.2) is 27.4 Å². The van der Waals surface area contributed by atoms with E-state index < -0.39 is 5.97 Å². The molecule has 6 atom stereocenters. The zero-order valence-corrected chi connectivity index (χ0v) is 20.5. The number of nitrogens with zero attached hydrogens (tertiary/aromatic N) is 1. The summed E-state index contributed by atoms with van der Waals surface area (Å²) in [7, 11) is 0. The van der Waals surface area contributed by atoms with Crippen LogP contribution < -0.4 is 9.64 Å². The predicted octanol–water partition coefficient (Wildman–Crippen LogP) is 5.49. The first-order valence-corrected chi connectivity index (χ1v) is 12.3. The number of carbonyl (C=O) groups is 3. The van der Waals surface area contributed by atoms with E-state index in [1.807, 2.05) is 0 Å². The van der Waals surface area contributed by atoms with Crippen LogP contribution in [0.15, 0.2) is 42.5 Å². The van der Waals surface area contributed by atoms with Crippen LogP contribution in [0.25, 0.3) is 0 Å². The van der Waals surface area contributed by atoms with Gasteiger partial charge in [0.25, 0.3) is 0 Å². The third kappa shape index (κ3) is 3.36. The molecule has 1 saturated heterocycles. The van der Waals surface area contributed by atoms with Crippen LogP contribution >= 0.6 is 55.1 Å². The molecule has 5 rings (SSSR count). The van der Waals surface area contributed by atoms with Gasteiger partial charge in [0.15, 0.2) is 0 Å². The lowest BCUT2D eigenvalue weighted by Crippen LogP contribution is -2.37. The number of fused-ring (bicyclic) bond motifs is 5. The molecular formula is C22H15Br2Cl2NO4. The van der Waals surface area contributed by atoms with Crippen molar-refractivity contribution in [1.82, 2.24) is 0 Å². The van der Waals surface area contributed by atoms with Gasteiger partial charge in [0.05, 0.1) is 28.1 Å². The van der Waals surface area contributed by atoms with Gasteiger partial charge >= 0.3 is 5.97 Å². The largest absolute Gasteiger partial charge is 0.423 e. The highest BCUT2D eigenvalue weighted by molar-refractivity contribution is 9.12. The summed E-state index contributed by atoms with van der Waals surface area (Å²) in [4.78, 5) is 40.3. The minimum Gasteiger partial charge on any atom is -0.423 e. The van der Waals surface area contributed by atoms with Gasteiger partial charge in [-0.05, 0) is 60.7 Å². The van der Waals surface area contributed by atoms with E-state index in [1.54, 1.807) is 30.3 Å². The second-order valence-electron chi connectivity index (χ2n) is 8.02. The molecule has 5 nitrogen and oxygen atoms in total. The molecule has 2 saturated carbocycles. The van der Waals surface area contributed by atoms with E-state index in [0.717, 1.165) is 6.42 Å². The summed E-state index contributed by atoms with van der Waals surface area (Å²) in [6.07, 6.45) is 0.884. The van der Waals surface area contributed by atoms with Gasteiger partial charge in [-0.2, -0.15) is 0 Å². The first-order valence-electron chi connectivity index (χ1n) is 9.71. The lowest BCUT2D eigenvalue weighted by atomic mass is 9.81. The molecular weight excluding hydrogens is 573 g/mol. The molecule has 9 heteroatoms. The zero-order valence-electron chi connectivity index (χ0n) is 15.8. The quantitative estimate of drug-likeness (QED) is 0.206. The van der Waals surface area contributed by atoms with E-state index in [-0.39, 0.29) is 61.5 Å². The number of carbonyl (C=O) groups excluding carboxylic acids is 3. The highest BCUT2D eigenvalue weighted by atomic mass is 79.9. The Bertz CT molecular complexity index is 1080. The molecule has 160 valence electrons. The maximum absolute atomic E-state index is 13.1. The third-order valence-corrected chi connectivity index (χ3v) is 10.2. The fourth-order valence-electron chi connectivity index (χ4n) is 5.08. The normalized spacial score (nSPS) is 31.3. The molecule has 2 aromatic rings. The number of anilines is 1. The fourth-order valence-corrected chi connectivity index (χ4v) is 7.44. The summed E-state index contributed by atoms with van der Waals surface area (Å²) < 4.78 is 5.37. The molecule has 1 heterocycles. The second-order valence-corrected chi connectivity index (χ2v) is 11.0. The number of benzene rings is 2. The maximum atomic E-state index is 13.1. The van der Waals surface area contributed by atoms with Gasteiger partial charge in [-0.15, -0.1) is 0 Å². The molecule has 2 aromatic carbocycles. The number of ether oxygens (including phenoxy) is 1. The van der Waals surface area contributed by atoms with Crippen LogP contribution in [0.1, 0.15) is 16.8 Å². The van der Waals surface area contributed by atoms with Gasteiger partial charge < -0.3 is 4.74 Å². The topological polar surface area (TPSA) is 63.7 Å². The molecule has 2 bridgehead atoms. The van der Waals surface area contributed by atoms with Gasteiger partial charge in [-0.3, -0.25) is 14.5 Å². The summed E-state index contributed by atoms with van der Waals surface area (Å²) in [5.74, 6) is -0.885. The van der Waals surface area contributed by atoms with Crippen LogP contribution in [0.5, 0.6) is 5.75 Å². The van der Waals surface area contributed by atoms with Crippen LogP contribution in [0.4, 0.5) is 5.69 Å². The number of imide groups is 1. The predicted molar refractivity (Wildman–Crippen MR) is 124 cm³/mol. The number of alkyl halides is 2. The zero-order chi connectivity index (χ0) is 22.0. The highest BCUT2D eigenvalue weighted by Gasteiger charge is 2.66. The van der Waals surface area contributed by atoms with Gasteiger partial charge in [0.1, 0.15) is 5.75 Å². The van der Waals surface area contributed by atoms with Gasteiger partial charge in [0, 0.05) is 14.7 Å². The standard InChI is InChI=1S/C22H15Br2Cl2NO4/c23-18-13-8-14(19(18)24)17-16(13)20(28)27(21(17)29)10-2-4-11(5-3-10)31-22(30)12-6-1-9(25)7-15(12)26/h1-7,13-14,16-19H,8H2. The summed E-state index contributed by atoms with van der Waals surface area (Å²) in [6.45, 7) is 0. The Kier molecular flexibility index (Phi) is 5.44. The van der Waals surface area contributed by atoms with Crippen molar-refractivity contribution in [3.8, 4) is 5.75 Å². The van der Waals surface area contributed by atoms with Crippen LogP contribution in [0, 0.1) is 23.7 Å². The highest BCUT2D eigenvalue weighted by Crippen LogP contribution is 2.60. The monoisotopic (exact) mass is 585 g/mol. The number of hydrogen-bond donors (Lipinski definition) is 0. The molecule has 0 N–H and O–H groups in total. The Morgan fingerprint density at radius 1 is 0.935 bits per heavy atom. The van der Waals surface area contributed by atoms with E-state index in [2.05, 4.69) is 31.9 Å². The summed E-state index contributed by atoms with van der Waals surface area (Å²) in [6, 6.07) is 10.8. The fraction of sp³-hybridized carbons (Fsp3) is 0.318. The summed E-state index contributed by atoms with van der Waals surface area (Å²) in [5, 5.41) is 0.611. The molecule has 0 aromatic heterocycles. The van der Waals surface area contributed by atoms with Crippen LogP contribution in [-0.2, 0) is 9.59 Å². The number of rotatable bonds is 3. The third-order valence-electron chi connectivity index (χ3n) is 6.44. The van der Waals surface area contributed by atoms with E-state index >= 15 is 0 Å². The minimum atomic E-state index is -0.624. The van der Waals surface area contributed by atoms with Gasteiger partial charge in [-0.25, -0.2) is 4.79 Å². The average molecular weight is 588 g/mol. The molecule has 3 aliphatic rings. The van der Waals surface area contributed by atoms with Crippen molar-refractivity contribution < 1.29 is 19.1 Å². The Balaban J connectivity index is 1.34. The average Bonchev–Trinajstić information content (AvgIpc) is 3.33. The van der Waals surface area contributed by atoms with Crippen molar-refractivity contribution in [1.29, 1.82) is 0 Å². The molecule has 3 fully saturated rings.